The van der Waals surface area contributed by atoms with Crippen molar-refractivity contribution < 1.29 is 24.2 Å². The summed E-state index contributed by atoms with van der Waals surface area (Å²) in [4.78, 5) is 23.4. The first kappa shape index (κ1) is 15.3. The van der Waals surface area contributed by atoms with E-state index in [-0.39, 0.29) is 13.0 Å². The monoisotopic (exact) mass is 293 g/mol. The summed E-state index contributed by atoms with van der Waals surface area (Å²) in [5.41, 5.74) is 0.878. The van der Waals surface area contributed by atoms with Crippen LogP contribution >= 0.6 is 0 Å². The molecule has 0 bridgehead atoms. The second-order valence-electron chi connectivity index (χ2n) is 5.07. The average Bonchev–Trinajstić information content (AvgIpc) is 2.86. The molecule has 2 N–H and O–H groups in total. The molecule has 0 saturated heterocycles. The summed E-state index contributed by atoms with van der Waals surface area (Å²) in [7, 11) is 1.29. The van der Waals surface area contributed by atoms with E-state index in [1.54, 1.807) is 0 Å². The van der Waals surface area contributed by atoms with Gasteiger partial charge in [-0.25, -0.2) is 4.79 Å². The molecule has 0 spiro atoms. The van der Waals surface area contributed by atoms with Crippen LogP contribution in [0.5, 0.6) is 0 Å². The van der Waals surface area contributed by atoms with Gasteiger partial charge in [0.05, 0.1) is 19.1 Å². The van der Waals surface area contributed by atoms with E-state index in [2.05, 4.69) is 10.1 Å². The molecule has 114 valence electrons. The maximum Gasteiger partial charge on any atom is 0.407 e. The maximum absolute atomic E-state index is 11.8. The first-order chi connectivity index (χ1) is 10.1. The van der Waals surface area contributed by atoms with Gasteiger partial charge in [0, 0.05) is 6.04 Å². The molecule has 2 rings (SSSR count). The van der Waals surface area contributed by atoms with Crippen LogP contribution in [0.1, 0.15) is 18.4 Å². The third kappa shape index (κ3) is 4.19. The van der Waals surface area contributed by atoms with Gasteiger partial charge in [-0.05, 0) is 18.4 Å². The van der Waals surface area contributed by atoms with Crippen LogP contribution in [0.25, 0.3) is 0 Å². The van der Waals surface area contributed by atoms with Crippen molar-refractivity contribution in [3.05, 3.63) is 35.9 Å². The topological polar surface area (TPSA) is 84.9 Å². The van der Waals surface area contributed by atoms with E-state index in [1.807, 2.05) is 30.3 Å². The first-order valence-corrected chi connectivity index (χ1v) is 6.83. The molecular formula is C15H19NO5. The normalized spacial score (nSPS) is 24.4. The molecule has 1 fully saturated rings. The van der Waals surface area contributed by atoms with Gasteiger partial charge >= 0.3 is 12.1 Å². The Morgan fingerprint density at radius 1 is 1.29 bits per heavy atom. The number of hydrogen-bond acceptors (Lipinski definition) is 5. The number of ether oxygens (including phenoxy) is 2. The van der Waals surface area contributed by atoms with E-state index in [9.17, 15) is 14.7 Å². The van der Waals surface area contributed by atoms with Crippen LogP contribution in [0.3, 0.4) is 0 Å². The predicted molar refractivity (Wildman–Crippen MR) is 74.3 cm³/mol. The van der Waals surface area contributed by atoms with Gasteiger partial charge in [-0.15, -0.1) is 0 Å². The van der Waals surface area contributed by atoms with Crippen LogP contribution in [0.2, 0.25) is 0 Å². The Morgan fingerprint density at radius 3 is 2.67 bits per heavy atom. The van der Waals surface area contributed by atoms with Gasteiger partial charge in [-0.1, -0.05) is 30.3 Å². The smallest absolute Gasteiger partial charge is 0.407 e. The summed E-state index contributed by atoms with van der Waals surface area (Å²) in [6.07, 6.45) is -0.614. The van der Waals surface area contributed by atoms with Gasteiger partial charge in [0.2, 0.25) is 0 Å². The third-order valence-corrected chi connectivity index (χ3v) is 3.56. The number of benzene rings is 1. The fraction of sp³-hybridized carbons (Fsp3) is 0.467. The van der Waals surface area contributed by atoms with Crippen LogP contribution in [-0.4, -0.2) is 36.4 Å². The Bertz CT molecular complexity index is 490. The largest absolute Gasteiger partial charge is 0.469 e. The number of carbonyl (C=O) groups is 2. The van der Waals surface area contributed by atoms with Crippen LogP contribution in [0.15, 0.2) is 30.3 Å². The number of aliphatic hydroxyl groups is 1. The van der Waals surface area contributed by atoms with Gasteiger partial charge in [-0.3, -0.25) is 4.79 Å². The van der Waals surface area contributed by atoms with E-state index < -0.39 is 30.1 Å². The van der Waals surface area contributed by atoms with Crippen molar-refractivity contribution in [3.63, 3.8) is 0 Å². The van der Waals surface area contributed by atoms with Crippen molar-refractivity contribution in [3.8, 4) is 0 Å². The molecule has 6 nitrogen and oxygen atoms in total. The van der Waals surface area contributed by atoms with Crippen molar-refractivity contribution in [1.82, 2.24) is 5.32 Å². The minimum absolute atomic E-state index is 0.158. The highest BCUT2D eigenvalue weighted by Crippen LogP contribution is 2.27. The molecule has 0 radical (unpaired) electrons. The Hall–Kier alpha value is -2.08. The lowest BCUT2D eigenvalue weighted by Gasteiger charge is -2.18. The fourth-order valence-electron chi connectivity index (χ4n) is 2.50. The molecule has 0 unspecified atom stereocenters. The SMILES string of the molecule is COC(=O)[C@H]1C[C@@H](O)C[C@H]1NC(=O)OCc1ccccc1. The minimum Gasteiger partial charge on any atom is -0.469 e. The van der Waals surface area contributed by atoms with Crippen LogP contribution in [0, 0.1) is 5.92 Å². The molecule has 1 aliphatic carbocycles. The summed E-state index contributed by atoms with van der Waals surface area (Å²) >= 11 is 0. The molecule has 3 atom stereocenters. The number of methoxy groups -OCH3 is 1. The second-order valence-corrected chi connectivity index (χ2v) is 5.07. The van der Waals surface area contributed by atoms with E-state index in [0.29, 0.717) is 6.42 Å². The Kier molecular flexibility index (Phi) is 5.16. The Morgan fingerprint density at radius 2 is 2.00 bits per heavy atom. The number of alkyl carbamates (subject to hydrolysis) is 1. The zero-order valence-electron chi connectivity index (χ0n) is 11.8. The van der Waals surface area contributed by atoms with E-state index in [1.165, 1.54) is 7.11 Å². The second kappa shape index (κ2) is 7.08. The van der Waals surface area contributed by atoms with Crippen LogP contribution in [0.4, 0.5) is 4.79 Å². The zero-order valence-corrected chi connectivity index (χ0v) is 11.8. The van der Waals surface area contributed by atoms with Gasteiger partial charge in [0.15, 0.2) is 0 Å². The summed E-state index contributed by atoms with van der Waals surface area (Å²) in [5.74, 6) is -0.964. The molecule has 0 aliphatic heterocycles. The molecule has 1 aromatic carbocycles. The van der Waals surface area contributed by atoms with Gasteiger partial charge in [-0.2, -0.15) is 0 Å². The van der Waals surface area contributed by atoms with E-state index in [0.717, 1.165) is 5.56 Å². The molecule has 0 heterocycles. The van der Waals surface area contributed by atoms with Gasteiger partial charge in [0.25, 0.3) is 0 Å². The number of carbonyl (C=O) groups excluding carboxylic acids is 2. The van der Waals surface area contributed by atoms with Crippen molar-refractivity contribution >= 4 is 12.1 Å². The highest BCUT2D eigenvalue weighted by Gasteiger charge is 2.39. The van der Waals surface area contributed by atoms with Crippen molar-refractivity contribution in [2.24, 2.45) is 5.92 Å². The molecule has 1 saturated carbocycles. The summed E-state index contributed by atoms with van der Waals surface area (Å²) in [6.45, 7) is 0.158. The lowest BCUT2D eigenvalue weighted by atomic mass is 10.0. The predicted octanol–water partition coefficient (Wildman–Crippen LogP) is 1.23. The summed E-state index contributed by atoms with van der Waals surface area (Å²) in [5, 5.41) is 12.3. The van der Waals surface area contributed by atoms with Crippen LogP contribution < -0.4 is 5.32 Å². The third-order valence-electron chi connectivity index (χ3n) is 3.56. The highest BCUT2D eigenvalue weighted by molar-refractivity contribution is 5.75. The molecule has 1 amide bonds. The summed E-state index contributed by atoms with van der Waals surface area (Å²) in [6, 6.07) is 8.84. The molecular weight excluding hydrogens is 274 g/mol. The lowest BCUT2D eigenvalue weighted by Crippen LogP contribution is -2.40. The lowest BCUT2D eigenvalue weighted by molar-refractivity contribution is -0.146. The van der Waals surface area contributed by atoms with Crippen molar-refractivity contribution in [2.45, 2.75) is 31.6 Å². The number of amides is 1. The van der Waals surface area contributed by atoms with E-state index in [4.69, 9.17) is 4.74 Å². The van der Waals surface area contributed by atoms with Gasteiger partial charge < -0.3 is 19.9 Å². The number of aliphatic hydroxyl groups excluding tert-OH is 1. The minimum atomic E-state index is -0.617. The number of hydrogen-bond donors (Lipinski definition) is 2. The Labute approximate surface area is 123 Å². The van der Waals surface area contributed by atoms with E-state index >= 15 is 0 Å². The first-order valence-electron chi connectivity index (χ1n) is 6.83. The van der Waals surface area contributed by atoms with Crippen LogP contribution in [-0.2, 0) is 20.9 Å². The highest BCUT2D eigenvalue weighted by atomic mass is 16.5. The zero-order chi connectivity index (χ0) is 15.2. The van der Waals surface area contributed by atoms with Crippen molar-refractivity contribution in [1.29, 1.82) is 0 Å². The van der Waals surface area contributed by atoms with Crippen molar-refractivity contribution in [2.75, 3.05) is 7.11 Å². The average molecular weight is 293 g/mol. The number of nitrogens with one attached hydrogen (secondary N) is 1. The molecule has 1 aromatic rings. The molecule has 1 aliphatic rings. The van der Waals surface area contributed by atoms with Gasteiger partial charge in [0.1, 0.15) is 6.61 Å². The molecule has 6 heteroatoms. The number of esters is 1. The maximum atomic E-state index is 11.8. The molecule has 21 heavy (non-hydrogen) atoms. The quantitative estimate of drug-likeness (QED) is 0.815. The molecule has 0 aromatic heterocycles. The number of rotatable bonds is 4. The standard InChI is InChI=1S/C15H19NO5/c1-20-14(18)12-7-11(17)8-13(12)16-15(19)21-9-10-5-3-2-4-6-10/h2-6,11-13,17H,7-9H2,1H3,(H,16,19)/t11-,12+,13-/m1/s1. The Balaban J connectivity index is 1.85. The summed E-state index contributed by atoms with van der Waals surface area (Å²) < 4.78 is 9.78. The fourth-order valence-corrected chi connectivity index (χ4v) is 2.50.